The van der Waals surface area contributed by atoms with Crippen molar-refractivity contribution in [3.63, 3.8) is 0 Å². The van der Waals surface area contributed by atoms with Crippen LogP contribution in [0.2, 0.25) is 0 Å². The van der Waals surface area contributed by atoms with E-state index in [1.165, 1.54) is 5.56 Å². The highest BCUT2D eigenvalue weighted by Gasteiger charge is 2.48. The van der Waals surface area contributed by atoms with Crippen molar-refractivity contribution < 1.29 is 4.79 Å². The SMILES string of the molecule is NC(=O)C12CCC(CC1)N(Cc1ccccc1)C2. The fourth-order valence-corrected chi connectivity index (χ4v) is 3.52. The summed E-state index contributed by atoms with van der Waals surface area (Å²) >= 11 is 0. The standard InChI is InChI=1S/C15H20N2O/c16-14(18)15-8-6-13(7-9-15)17(11-15)10-12-4-2-1-3-5-12/h1-5,13H,6-11H2,(H2,16,18). The van der Waals surface area contributed by atoms with Gasteiger partial charge in [0.1, 0.15) is 0 Å². The summed E-state index contributed by atoms with van der Waals surface area (Å²) < 4.78 is 0. The molecule has 2 aliphatic heterocycles. The lowest BCUT2D eigenvalue weighted by molar-refractivity contribution is -0.138. The van der Waals surface area contributed by atoms with E-state index in [1.807, 2.05) is 6.07 Å². The second-order valence-electron chi connectivity index (χ2n) is 5.77. The zero-order chi connectivity index (χ0) is 12.6. The molecule has 4 rings (SSSR count). The topological polar surface area (TPSA) is 46.3 Å². The van der Waals surface area contributed by atoms with Crippen LogP contribution in [0.25, 0.3) is 0 Å². The summed E-state index contributed by atoms with van der Waals surface area (Å²) in [7, 11) is 0. The van der Waals surface area contributed by atoms with Crippen molar-refractivity contribution >= 4 is 5.91 Å². The van der Waals surface area contributed by atoms with E-state index in [0.717, 1.165) is 38.8 Å². The monoisotopic (exact) mass is 244 g/mol. The molecular formula is C15H20N2O. The first kappa shape index (κ1) is 11.7. The summed E-state index contributed by atoms with van der Waals surface area (Å²) in [5.74, 6) is -0.0984. The number of hydrogen-bond acceptors (Lipinski definition) is 2. The lowest BCUT2D eigenvalue weighted by Crippen LogP contribution is -2.58. The maximum absolute atomic E-state index is 11.7. The molecule has 0 aromatic heterocycles. The van der Waals surface area contributed by atoms with Crippen molar-refractivity contribution in [2.45, 2.75) is 38.3 Å². The molecule has 0 unspecified atom stereocenters. The normalized spacial score (nSPS) is 31.4. The molecule has 1 aliphatic carbocycles. The van der Waals surface area contributed by atoms with E-state index < -0.39 is 0 Å². The number of primary amides is 1. The van der Waals surface area contributed by atoms with Gasteiger partial charge in [0, 0.05) is 19.1 Å². The van der Waals surface area contributed by atoms with Crippen LogP contribution in [0.1, 0.15) is 31.2 Å². The van der Waals surface area contributed by atoms with Crippen LogP contribution in [-0.4, -0.2) is 23.4 Å². The van der Waals surface area contributed by atoms with Gasteiger partial charge in [-0.25, -0.2) is 0 Å². The first-order chi connectivity index (χ1) is 8.70. The third-order valence-electron chi connectivity index (χ3n) is 4.69. The van der Waals surface area contributed by atoms with Gasteiger partial charge in [-0.05, 0) is 31.2 Å². The molecule has 1 aromatic carbocycles. The van der Waals surface area contributed by atoms with E-state index in [1.54, 1.807) is 0 Å². The first-order valence-corrected chi connectivity index (χ1v) is 6.77. The van der Waals surface area contributed by atoms with E-state index in [0.29, 0.717) is 6.04 Å². The Morgan fingerprint density at radius 2 is 1.94 bits per heavy atom. The van der Waals surface area contributed by atoms with E-state index in [4.69, 9.17) is 5.73 Å². The van der Waals surface area contributed by atoms with Gasteiger partial charge in [0.2, 0.25) is 5.91 Å². The number of piperidine rings is 2. The Morgan fingerprint density at radius 3 is 2.56 bits per heavy atom. The zero-order valence-electron chi connectivity index (χ0n) is 10.6. The molecule has 96 valence electrons. The van der Waals surface area contributed by atoms with Crippen LogP contribution < -0.4 is 5.73 Å². The Labute approximate surface area is 108 Å². The van der Waals surface area contributed by atoms with Gasteiger partial charge >= 0.3 is 0 Å². The van der Waals surface area contributed by atoms with Gasteiger partial charge in [-0.3, -0.25) is 9.69 Å². The molecule has 3 nitrogen and oxygen atoms in total. The van der Waals surface area contributed by atoms with Crippen LogP contribution in [0.5, 0.6) is 0 Å². The highest BCUT2D eigenvalue weighted by molar-refractivity contribution is 5.81. The molecule has 0 spiro atoms. The highest BCUT2D eigenvalue weighted by atomic mass is 16.1. The van der Waals surface area contributed by atoms with E-state index in [9.17, 15) is 4.79 Å². The van der Waals surface area contributed by atoms with Crippen LogP contribution in [0.15, 0.2) is 30.3 Å². The van der Waals surface area contributed by atoms with Gasteiger partial charge in [-0.2, -0.15) is 0 Å². The third-order valence-corrected chi connectivity index (χ3v) is 4.69. The number of nitrogens with two attached hydrogens (primary N) is 1. The molecule has 3 aliphatic rings. The molecule has 1 aromatic rings. The number of fused-ring (bicyclic) bond motifs is 3. The fraction of sp³-hybridized carbons (Fsp3) is 0.533. The second kappa shape index (κ2) is 4.39. The Balaban J connectivity index is 1.76. The molecular weight excluding hydrogens is 224 g/mol. The Kier molecular flexibility index (Phi) is 2.86. The molecule has 0 atom stereocenters. The van der Waals surface area contributed by atoms with Crippen LogP contribution in [0.3, 0.4) is 0 Å². The van der Waals surface area contributed by atoms with Crippen molar-refractivity contribution in [2.24, 2.45) is 11.1 Å². The molecule has 2 N–H and O–H groups in total. The van der Waals surface area contributed by atoms with Crippen molar-refractivity contribution in [1.82, 2.24) is 4.90 Å². The highest BCUT2D eigenvalue weighted by Crippen LogP contribution is 2.44. The van der Waals surface area contributed by atoms with Crippen LogP contribution >= 0.6 is 0 Å². The first-order valence-electron chi connectivity index (χ1n) is 6.77. The molecule has 3 heteroatoms. The minimum Gasteiger partial charge on any atom is -0.369 e. The maximum atomic E-state index is 11.7. The Hall–Kier alpha value is -1.35. The molecule has 3 fully saturated rings. The van der Waals surface area contributed by atoms with Crippen LogP contribution in [0.4, 0.5) is 0 Å². The van der Waals surface area contributed by atoms with Gasteiger partial charge in [0.15, 0.2) is 0 Å². The number of nitrogens with zero attached hydrogens (tertiary/aromatic N) is 1. The molecule has 0 radical (unpaired) electrons. The lowest BCUT2D eigenvalue weighted by atomic mass is 9.67. The molecule has 1 saturated carbocycles. The summed E-state index contributed by atoms with van der Waals surface area (Å²) in [6, 6.07) is 11.1. The predicted molar refractivity (Wildman–Crippen MR) is 70.7 cm³/mol. The Bertz CT molecular complexity index is 435. The minimum atomic E-state index is -0.246. The maximum Gasteiger partial charge on any atom is 0.224 e. The predicted octanol–water partition coefficient (Wildman–Crippen LogP) is 1.92. The van der Waals surface area contributed by atoms with Crippen molar-refractivity contribution in [2.75, 3.05) is 6.54 Å². The summed E-state index contributed by atoms with van der Waals surface area (Å²) in [4.78, 5) is 14.2. The smallest absolute Gasteiger partial charge is 0.224 e. The zero-order valence-corrected chi connectivity index (χ0v) is 10.6. The van der Waals surface area contributed by atoms with E-state index in [-0.39, 0.29) is 11.3 Å². The van der Waals surface area contributed by atoms with Gasteiger partial charge < -0.3 is 5.73 Å². The van der Waals surface area contributed by atoms with Crippen LogP contribution in [0, 0.1) is 5.41 Å². The average molecular weight is 244 g/mol. The lowest BCUT2D eigenvalue weighted by Gasteiger charge is -2.51. The molecule has 18 heavy (non-hydrogen) atoms. The second-order valence-corrected chi connectivity index (χ2v) is 5.77. The van der Waals surface area contributed by atoms with Gasteiger partial charge in [0.05, 0.1) is 5.41 Å². The number of rotatable bonds is 3. The number of amides is 1. The van der Waals surface area contributed by atoms with Crippen molar-refractivity contribution in [3.8, 4) is 0 Å². The number of benzene rings is 1. The largest absolute Gasteiger partial charge is 0.369 e. The molecule has 2 bridgehead atoms. The van der Waals surface area contributed by atoms with E-state index >= 15 is 0 Å². The van der Waals surface area contributed by atoms with E-state index in [2.05, 4.69) is 29.2 Å². The Morgan fingerprint density at radius 1 is 1.28 bits per heavy atom. The summed E-state index contributed by atoms with van der Waals surface area (Å²) in [5.41, 5.74) is 6.70. The number of carbonyl (C=O) groups excluding carboxylic acids is 1. The number of carbonyl (C=O) groups is 1. The molecule has 2 saturated heterocycles. The van der Waals surface area contributed by atoms with Gasteiger partial charge in [0.25, 0.3) is 0 Å². The minimum absolute atomic E-state index is 0.0984. The summed E-state index contributed by atoms with van der Waals surface area (Å²) in [6.45, 7) is 1.79. The van der Waals surface area contributed by atoms with Crippen LogP contribution in [-0.2, 0) is 11.3 Å². The average Bonchev–Trinajstić information content (AvgIpc) is 2.41. The fourth-order valence-electron chi connectivity index (χ4n) is 3.52. The number of hydrogen-bond donors (Lipinski definition) is 1. The summed E-state index contributed by atoms with van der Waals surface area (Å²) in [6.07, 6.45) is 4.21. The quantitative estimate of drug-likeness (QED) is 0.883. The van der Waals surface area contributed by atoms with Gasteiger partial charge in [-0.15, -0.1) is 0 Å². The van der Waals surface area contributed by atoms with Crippen molar-refractivity contribution in [3.05, 3.63) is 35.9 Å². The molecule has 2 heterocycles. The summed E-state index contributed by atoms with van der Waals surface area (Å²) in [5, 5.41) is 0. The van der Waals surface area contributed by atoms with Gasteiger partial charge in [-0.1, -0.05) is 30.3 Å². The third kappa shape index (κ3) is 1.93. The van der Waals surface area contributed by atoms with Crippen molar-refractivity contribution in [1.29, 1.82) is 0 Å². The molecule has 1 amide bonds.